The van der Waals surface area contributed by atoms with Crippen molar-refractivity contribution in [3.8, 4) is 0 Å². The van der Waals surface area contributed by atoms with Crippen molar-refractivity contribution >= 4 is 22.8 Å². The molecule has 18 heavy (non-hydrogen) atoms. The minimum Gasteiger partial charge on any atom is -0.359 e. The largest absolute Gasteiger partial charge is 0.359 e. The molecule has 3 fully saturated rings. The van der Waals surface area contributed by atoms with E-state index in [4.69, 9.17) is 0 Å². The Labute approximate surface area is 112 Å². The van der Waals surface area contributed by atoms with Crippen molar-refractivity contribution in [2.75, 3.05) is 12.3 Å². The summed E-state index contributed by atoms with van der Waals surface area (Å²) >= 11 is 1.84. The van der Waals surface area contributed by atoms with E-state index in [1.54, 1.807) is 0 Å². The first-order valence-electron chi connectivity index (χ1n) is 6.91. The van der Waals surface area contributed by atoms with Crippen LogP contribution in [0, 0.1) is 5.92 Å². The number of amidine groups is 1. The summed E-state index contributed by atoms with van der Waals surface area (Å²) in [6.07, 6.45) is 5.73. The fraction of sp³-hybridized carbons (Fsp3) is 0.846. The van der Waals surface area contributed by atoms with Crippen LogP contribution in [0.15, 0.2) is 4.99 Å². The van der Waals surface area contributed by atoms with Crippen molar-refractivity contribution in [1.29, 1.82) is 0 Å². The molecule has 1 atom stereocenters. The van der Waals surface area contributed by atoms with Crippen molar-refractivity contribution in [2.45, 2.75) is 50.6 Å². The Balaban J connectivity index is 1.61. The van der Waals surface area contributed by atoms with E-state index in [1.807, 2.05) is 11.8 Å². The fourth-order valence-corrected chi connectivity index (χ4v) is 4.29. The van der Waals surface area contributed by atoms with Gasteiger partial charge in [0.25, 0.3) is 0 Å². The molecule has 0 aromatic heterocycles. The maximum atomic E-state index is 11.2. The number of carbonyl (C=O) groups excluding carboxylic acids is 1. The lowest BCUT2D eigenvalue weighted by Gasteiger charge is -2.35. The van der Waals surface area contributed by atoms with Gasteiger partial charge in [0.2, 0.25) is 5.91 Å². The number of amides is 1. The van der Waals surface area contributed by atoms with Gasteiger partial charge in [0.05, 0.1) is 12.5 Å². The number of aliphatic imine (C=N–C) groups is 1. The van der Waals surface area contributed by atoms with Crippen LogP contribution in [0.3, 0.4) is 0 Å². The highest BCUT2D eigenvalue weighted by molar-refractivity contribution is 8.14. The molecule has 0 aromatic carbocycles. The van der Waals surface area contributed by atoms with E-state index in [1.165, 1.54) is 25.7 Å². The number of hydrogen-bond acceptors (Lipinski definition) is 3. The Morgan fingerprint density at radius 2 is 2.17 bits per heavy atom. The van der Waals surface area contributed by atoms with Gasteiger partial charge in [-0.1, -0.05) is 18.7 Å². The minimum atomic E-state index is 0.133. The van der Waals surface area contributed by atoms with Gasteiger partial charge in [-0.25, -0.2) is 0 Å². The third kappa shape index (κ3) is 2.51. The molecule has 1 aliphatic carbocycles. The van der Waals surface area contributed by atoms with Crippen molar-refractivity contribution in [3.05, 3.63) is 0 Å². The molecule has 1 unspecified atom stereocenters. The summed E-state index contributed by atoms with van der Waals surface area (Å²) in [6, 6.07) is 0.144. The molecule has 1 spiro atoms. The first kappa shape index (κ1) is 12.3. The van der Waals surface area contributed by atoms with Gasteiger partial charge in [-0.05, 0) is 31.6 Å². The van der Waals surface area contributed by atoms with Gasteiger partial charge in [-0.2, -0.15) is 0 Å². The molecule has 2 saturated heterocycles. The van der Waals surface area contributed by atoms with Gasteiger partial charge in [-0.15, -0.1) is 0 Å². The Morgan fingerprint density at radius 3 is 2.83 bits per heavy atom. The van der Waals surface area contributed by atoms with E-state index in [0.29, 0.717) is 18.5 Å². The average molecular weight is 267 g/mol. The van der Waals surface area contributed by atoms with Gasteiger partial charge in [0.15, 0.2) is 5.17 Å². The number of nitrogens with zero attached hydrogens (tertiary/aromatic N) is 1. The van der Waals surface area contributed by atoms with E-state index < -0.39 is 0 Å². The highest BCUT2D eigenvalue weighted by Gasteiger charge is 2.40. The zero-order valence-corrected chi connectivity index (χ0v) is 11.7. The first-order valence-corrected chi connectivity index (χ1v) is 7.89. The van der Waals surface area contributed by atoms with E-state index in [2.05, 4.69) is 22.5 Å². The molecule has 2 N–H and O–H groups in total. The molecule has 100 valence electrons. The van der Waals surface area contributed by atoms with Gasteiger partial charge in [0.1, 0.15) is 0 Å². The number of rotatable bonds is 1. The van der Waals surface area contributed by atoms with Gasteiger partial charge < -0.3 is 10.6 Å². The number of hydrogen-bond donors (Lipinski definition) is 2. The molecule has 4 nitrogen and oxygen atoms in total. The number of thioether (sulfide) groups is 1. The molecule has 0 bridgehead atoms. The molecule has 0 radical (unpaired) electrons. The van der Waals surface area contributed by atoms with Gasteiger partial charge in [0, 0.05) is 17.8 Å². The summed E-state index contributed by atoms with van der Waals surface area (Å²) in [6.45, 7) is 3.05. The summed E-state index contributed by atoms with van der Waals surface area (Å²) in [5, 5.41) is 7.54. The molecule has 3 aliphatic rings. The minimum absolute atomic E-state index is 0.133. The monoisotopic (exact) mass is 267 g/mol. The second-order valence-electron chi connectivity index (χ2n) is 5.97. The molecular weight excluding hydrogens is 246 g/mol. The van der Waals surface area contributed by atoms with Crippen molar-refractivity contribution in [2.24, 2.45) is 10.9 Å². The second kappa shape index (κ2) is 4.76. The maximum absolute atomic E-state index is 11.2. The summed E-state index contributed by atoms with van der Waals surface area (Å²) < 4.78 is 0. The van der Waals surface area contributed by atoms with E-state index in [0.717, 1.165) is 16.8 Å². The molecule has 1 amide bonds. The SMILES string of the molecule is CC1CCC2(CC1)CSC(=NC1CNC(=O)C1)N2. The van der Waals surface area contributed by atoms with Crippen LogP contribution in [-0.2, 0) is 4.79 Å². The smallest absolute Gasteiger partial charge is 0.222 e. The highest BCUT2D eigenvalue weighted by Crippen LogP contribution is 2.38. The van der Waals surface area contributed by atoms with Crippen LogP contribution >= 0.6 is 11.8 Å². The van der Waals surface area contributed by atoms with Crippen LogP contribution < -0.4 is 10.6 Å². The summed E-state index contributed by atoms with van der Waals surface area (Å²) in [5.74, 6) is 2.15. The molecule has 1 saturated carbocycles. The fourth-order valence-electron chi connectivity index (χ4n) is 3.01. The summed E-state index contributed by atoms with van der Waals surface area (Å²) in [4.78, 5) is 15.8. The molecule has 5 heteroatoms. The lowest BCUT2D eigenvalue weighted by Crippen LogP contribution is -2.46. The molecule has 2 heterocycles. The van der Waals surface area contributed by atoms with E-state index >= 15 is 0 Å². The lowest BCUT2D eigenvalue weighted by atomic mass is 9.78. The average Bonchev–Trinajstić information content (AvgIpc) is 2.92. The number of nitrogens with one attached hydrogen (secondary N) is 2. The molecule has 0 aromatic rings. The quantitative estimate of drug-likeness (QED) is 0.757. The van der Waals surface area contributed by atoms with Crippen LogP contribution in [0.25, 0.3) is 0 Å². The van der Waals surface area contributed by atoms with Crippen molar-refractivity contribution in [1.82, 2.24) is 10.6 Å². The van der Waals surface area contributed by atoms with E-state index in [-0.39, 0.29) is 11.9 Å². The molecule has 3 rings (SSSR count). The predicted molar refractivity (Wildman–Crippen MR) is 74.8 cm³/mol. The maximum Gasteiger partial charge on any atom is 0.222 e. The Bertz CT molecular complexity index is 374. The molecule has 2 aliphatic heterocycles. The Morgan fingerprint density at radius 1 is 1.39 bits per heavy atom. The third-order valence-corrected chi connectivity index (χ3v) is 5.52. The second-order valence-corrected chi connectivity index (χ2v) is 6.94. The van der Waals surface area contributed by atoms with Crippen LogP contribution in [0.4, 0.5) is 0 Å². The number of carbonyl (C=O) groups is 1. The van der Waals surface area contributed by atoms with Crippen LogP contribution in [-0.4, -0.2) is 35.0 Å². The highest BCUT2D eigenvalue weighted by atomic mass is 32.2. The van der Waals surface area contributed by atoms with Gasteiger partial charge in [-0.3, -0.25) is 9.79 Å². The van der Waals surface area contributed by atoms with Crippen LogP contribution in [0.2, 0.25) is 0 Å². The normalized spacial score (nSPS) is 42.3. The summed E-state index contributed by atoms with van der Waals surface area (Å²) in [7, 11) is 0. The zero-order valence-electron chi connectivity index (χ0n) is 10.9. The predicted octanol–water partition coefficient (Wildman–Crippen LogP) is 1.52. The zero-order chi connectivity index (χ0) is 12.6. The van der Waals surface area contributed by atoms with E-state index in [9.17, 15) is 4.79 Å². The van der Waals surface area contributed by atoms with Crippen LogP contribution in [0.5, 0.6) is 0 Å². The van der Waals surface area contributed by atoms with Crippen molar-refractivity contribution < 1.29 is 4.79 Å². The van der Waals surface area contributed by atoms with Gasteiger partial charge >= 0.3 is 0 Å². The Hall–Kier alpha value is -0.710. The third-order valence-electron chi connectivity index (χ3n) is 4.34. The van der Waals surface area contributed by atoms with Crippen LogP contribution in [0.1, 0.15) is 39.0 Å². The molecular formula is C13H21N3OS. The Kier molecular flexibility index (Phi) is 3.26. The summed E-state index contributed by atoms with van der Waals surface area (Å²) in [5.41, 5.74) is 0.298. The standard InChI is InChI=1S/C13H21N3OS/c1-9-2-4-13(5-3-9)8-18-12(16-13)15-10-6-11(17)14-7-10/h9-10H,2-8H2,1H3,(H,14,17)(H,15,16). The lowest BCUT2D eigenvalue weighted by molar-refractivity contribution is -0.119. The van der Waals surface area contributed by atoms with Crippen molar-refractivity contribution in [3.63, 3.8) is 0 Å². The first-order chi connectivity index (χ1) is 8.65. The topological polar surface area (TPSA) is 53.5 Å².